The molecule has 3 aromatic rings. The average molecular weight is 466 g/mol. The van der Waals surface area contributed by atoms with Gasteiger partial charge >= 0.3 is 0 Å². The first kappa shape index (κ1) is 21.5. The van der Waals surface area contributed by atoms with E-state index in [2.05, 4.69) is 35.3 Å². The number of imidazole rings is 1. The number of nitrogen functional groups attached to an aromatic ring is 1. The number of hydrogen-bond acceptors (Lipinski definition) is 11. The van der Waals surface area contributed by atoms with Gasteiger partial charge in [-0.25, -0.2) is 18.5 Å². The van der Waals surface area contributed by atoms with Gasteiger partial charge in [0, 0.05) is 30.1 Å². The van der Waals surface area contributed by atoms with Crippen molar-refractivity contribution in [2.75, 3.05) is 30.3 Å². The number of benzene rings is 1. The van der Waals surface area contributed by atoms with E-state index in [9.17, 15) is 8.42 Å². The molecular formula is C16H23N11O2S2. The predicted octanol–water partition coefficient (Wildman–Crippen LogP) is -0.672. The number of aromatic nitrogens is 6. The molecule has 0 unspecified atom stereocenters. The molecule has 0 atom stereocenters. The number of rotatable bonds is 8. The van der Waals surface area contributed by atoms with E-state index in [1.54, 1.807) is 6.07 Å². The topological polar surface area (TPSA) is 211 Å². The molecule has 0 bridgehead atoms. The van der Waals surface area contributed by atoms with Gasteiger partial charge in [0.1, 0.15) is 4.90 Å². The zero-order valence-corrected chi connectivity index (χ0v) is 18.1. The van der Waals surface area contributed by atoms with Crippen LogP contribution in [-0.2, 0) is 23.0 Å². The van der Waals surface area contributed by atoms with E-state index in [0.29, 0.717) is 49.1 Å². The van der Waals surface area contributed by atoms with E-state index in [0.717, 1.165) is 17.8 Å². The summed E-state index contributed by atoms with van der Waals surface area (Å²) in [6.45, 7) is 2.21. The molecule has 1 aromatic carbocycles. The maximum absolute atomic E-state index is 12.7. The highest BCUT2D eigenvalue weighted by atomic mass is 32.2. The lowest BCUT2D eigenvalue weighted by atomic mass is 10.1. The summed E-state index contributed by atoms with van der Waals surface area (Å²) in [7, 11) is -4.12. The molecule has 4 rings (SSSR count). The van der Waals surface area contributed by atoms with Crippen molar-refractivity contribution in [3.05, 3.63) is 23.5 Å². The Bertz CT molecular complexity index is 1160. The van der Waals surface area contributed by atoms with E-state index in [-0.39, 0.29) is 16.3 Å². The molecule has 0 saturated carbocycles. The second kappa shape index (κ2) is 8.80. The smallest absolute Gasteiger partial charge is 0.240 e. The number of tetrazole rings is 1. The monoisotopic (exact) mass is 465 g/mol. The number of H-pyrrole nitrogens is 2. The van der Waals surface area contributed by atoms with E-state index in [1.807, 2.05) is 11.0 Å². The van der Waals surface area contributed by atoms with E-state index >= 15 is 0 Å². The number of aromatic amines is 2. The quantitative estimate of drug-likeness (QED) is 0.181. The van der Waals surface area contributed by atoms with Gasteiger partial charge in [-0.1, -0.05) is 0 Å². The molecule has 0 radical (unpaired) electrons. The average Bonchev–Trinajstić information content (AvgIpc) is 3.38. The van der Waals surface area contributed by atoms with Crippen molar-refractivity contribution < 1.29 is 8.42 Å². The molecule has 0 aliphatic carbocycles. The fourth-order valence-corrected chi connectivity index (χ4v) is 5.52. The molecule has 166 valence electrons. The third-order valence-electron chi connectivity index (χ3n) is 4.81. The number of nitrogens with one attached hydrogen (secondary N) is 3. The summed E-state index contributed by atoms with van der Waals surface area (Å²) in [5.74, 6) is 0.490. The summed E-state index contributed by atoms with van der Waals surface area (Å²) < 4.78 is 28.5. The largest absolute Gasteiger partial charge is 0.369 e. The summed E-state index contributed by atoms with van der Waals surface area (Å²) in [6, 6.07) is 3.55. The minimum absolute atomic E-state index is 0.0634. The SMILES string of the molecule is NCCCNSc1ccc(N2CCc3nc(N)[nH]c3C2)c(-c2nn[nH]n2)c1S(N)(=O)=O. The van der Waals surface area contributed by atoms with E-state index in [4.69, 9.17) is 16.6 Å². The second-order valence-corrected chi connectivity index (χ2v) is 9.36. The number of nitrogens with zero attached hydrogens (tertiary/aromatic N) is 5. The Morgan fingerprint density at radius 3 is 2.87 bits per heavy atom. The number of anilines is 2. The highest BCUT2D eigenvalue weighted by Gasteiger charge is 2.30. The molecule has 0 spiro atoms. The number of primary sulfonamides is 1. The Morgan fingerprint density at radius 2 is 2.16 bits per heavy atom. The van der Waals surface area contributed by atoms with E-state index < -0.39 is 10.0 Å². The zero-order chi connectivity index (χ0) is 22.0. The van der Waals surface area contributed by atoms with Crippen molar-refractivity contribution in [3.8, 4) is 11.4 Å². The van der Waals surface area contributed by atoms with Crippen LogP contribution in [0.15, 0.2) is 21.9 Å². The van der Waals surface area contributed by atoms with Crippen LogP contribution in [0.25, 0.3) is 11.4 Å². The van der Waals surface area contributed by atoms with Gasteiger partial charge in [0.2, 0.25) is 15.8 Å². The van der Waals surface area contributed by atoms with Gasteiger partial charge in [0.15, 0.2) is 5.95 Å². The van der Waals surface area contributed by atoms with Crippen molar-refractivity contribution in [3.63, 3.8) is 0 Å². The first-order valence-electron chi connectivity index (χ1n) is 9.50. The highest BCUT2D eigenvalue weighted by Crippen LogP contribution is 2.40. The molecule has 13 nitrogen and oxygen atoms in total. The third-order valence-corrected chi connectivity index (χ3v) is 6.84. The highest BCUT2D eigenvalue weighted by molar-refractivity contribution is 7.98. The van der Waals surface area contributed by atoms with Crippen LogP contribution in [0.3, 0.4) is 0 Å². The molecule has 3 heterocycles. The van der Waals surface area contributed by atoms with E-state index in [1.165, 1.54) is 11.9 Å². The molecule has 2 aromatic heterocycles. The van der Waals surface area contributed by atoms with Crippen molar-refractivity contribution in [1.82, 2.24) is 35.3 Å². The minimum Gasteiger partial charge on any atom is -0.369 e. The van der Waals surface area contributed by atoms with Crippen molar-refractivity contribution >= 4 is 33.6 Å². The Morgan fingerprint density at radius 1 is 1.32 bits per heavy atom. The number of nitrogens with two attached hydrogens (primary N) is 3. The van der Waals surface area contributed by atoms with Crippen molar-refractivity contribution in [2.24, 2.45) is 10.9 Å². The fraction of sp³-hybridized carbons (Fsp3) is 0.375. The normalized spacial score (nSPS) is 14.1. The van der Waals surface area contributed by atoms with Gasteiger partial charge in [-0.2, -0.15) is 5.21 Å². The molecule has 1 aliphatic heterocycles. The maximum atomic E-state index is 12.7. The summed E-state index contributed by atoms with van der Waals surface area (Å²) in [4.78, 5) is 9.73. The van der Waals surface area contributed by atoms with Crippen LogP contribution in [0.4, 0.5) is 11.6 Å². The molecule has 31 heavy (non-hydrogen) atoms. The number of fused-ring (bicyclic) bond motifs is 1. The minimum atomic E-state index is -4.12. The standard InChI is InChI=1S/C16H23N11O2S2/c17-5-1-6-20-30-12-3-2-11(27-7-4-9-10(8-27)22-16(18)21-9)13(14(12)31(19,28)29)15-23-25-26-24-15/h2-3,20H,1,4-8,17H2,(H3,18,21,22)(H2,19,28,29)(H,23,24,25,26). The second-order valence-electron chi connectivity index (χ2n) is 6.92. The van der Waals surface area contributed by atoms with Crippen LogP contribution in [0, 0.1) is 0 Å². The molecule has 0 amide bonds. The molecular weight excluding hydrogens is 442 g/mol. The van der Waals surface area contributed by atoms with Gasteiger partial charge in [0.05, 0.1) is 23.5 Å². The van der Waals surface area contributed by atoms with Crippen LogP contribution in [0.5, 0.6) is 0 Å². The Kier molecular flexibility index (Phi) is 6.10. The lowest BCUT2D eigenvalue weighted by Gasteiger charge is -2.30. The van der Waals surface area contributed by atoms with Crippen LogP contribution < -0.4 is 26.2 Å². The predicted molar refractivity (Wildman–Crippen MR) is 116 cm³/mol. The number of sulfonamides is 1. The van der Waals surface area contributed by atoms with Crippen LogP contribution in [0.2, 0.25) is 0 Å². The van der Waals surface area contributed by atoms with Crippen molar-refractivity contribution in [1.29, 1.82) is 0 Å². The van der Waals surface area contributed by atoms with Gasteiger partial charge in [-0.15, -0.1) is 10.2 Å². The summed E-state index contributed by atoms with van der Waals surface area (Å²) in [6.07, 6.45) is 1.40. The maximum Gasteiger partial charge on any atom is 0.240 e. The van der Waals surface area contributed by atoms with Gasteiger partial charge in [-0.05, 0) is 42.3 Å². The third kappa shape index (κ3) is 4.49. The molecule has 0 saturated heterocycles. The Hall–Kier alpha value is -2.72. The van der Waals surface area contributed by atoms with Gasteiger partial charge in [0.25, 0.3) is 0 Å². The first-order valence-corrected chi connectivity index (χ1v) is 11.9. The van der Waals surface area contributed by atoms with Crippen molar-refractivity contribution in [2.45, 2.75) is 29.2 Å². The molecule has 15 heteroatoms. The molecule has 0 fully saturated rings. The Balaban J connectivity index is 1.80. The summed E-state index contributed by atoms with van der Waals surface area (Å²) in [5, 5.41) is 19.7. The molecule has 9 N–H and O–H groups in total. The van der Waals surface area contributed by atoms with Crippen LogP contribution in [-0.4, -0.2) is 58.6 Å². The lowest BCUT2D eigenvalue weighted by Crippen LogP contribution is -2.31. The first-order chi connectivity index (χ1) is 14.9. The number of hydrogen-bond donors (Lipinski definition) is 6. The summed E-state index contributed by atoms with van der Waals surface area (Å²) in [5.41, 5.74) is 14.0. The Labute approximate surface area is 182 Å². The zero-order valence-electron chi connectivity index (χ0n) is 16.5. The van der Waals surface area contributed by atoms with Gasteiger partial charge in [-0.3, -0.25) is 4.72 Å². The molecule has 1 aliphatic rings. The summed E-state index contributed by atoms with van der Waals surface area (Å²) >= 11 is 1.17. The van der Waals surface area contributed by atoms with Crippen LogP contribution >= 0.6 is 11.9 Å². The van der Waals surface area contributed by atoms with Gasteiger partial charge < -0.3 is 21.4 Å². The van der Waals surface area contributed by atoms with Crippen LogP contribution in [0.1, 0.15) is 17.8 Å². The lowest BCUT2D eigenvalue weighted by molar-refractivity contribution is 0.595. The fourth-order valence-electron chi connectivity index (χ4n) is 3.49.